The highest BCUT2D eigenvalue weighted by atomic mass is 16.5. The molecule has 1 rings (SSSR count). The van der Waals surface area contributed by atoms with Crippen molar-refractivity contribution >= 4 is 18.0 Å². The van der Waals surface area contributed by atoms with E-state index in [4.69, 9.17) is 5.11 Å². The number of hydrogen-bond acceptors (Lipinski definition) is 4. The molecule has 0 heterocycles. The Morgan fingerprint density at radius 3 is 2.47 bits per heavy atom. The minimum absolute atomic E-state index is 0.0104. The smallest absolute Gasteiger partial charge is 0.326 e. The van der Waals surface area contributed by atoms with Crippen molar-refractivity contribution in [2.24, 2.45) is 5.92 Å². The summed E-state index contributed by atoms with van der Waals surface area (Å²) in [5.74, 6) is -1.07. The predicted molar refractivity (Wildman–Crippen MR) is 66.5 cm³/mol. The first-order valence-corrected chi connectivity index (χ1v) is 6.29. The highest BCUT2D eigenvalue weighted by molar-refractivity contribution is 5.83. The lowest BCUT2D eigenvalue weighted by atomic mass is 9.82. The molecule has 19 heavy (non-hydrogen) atoms. The fourth-order valence-electron chi connectivity index (χ4n) is 2.03. The second-order valence-corrected chi connectivity index (χ2v) is 4.90. The molecule has 3 N–H and O–H groups in total. The molecule has 2 amide bonds. The zero-order valence-corrected chi connectivity index (χ0v) is 11.1. The number of ether oxygens (including phenoxy) is 1. The van der Waals surface area contributed by atoms with Crippen LogP contribution in [0.3, 0.4) is 0 Å². The highest BCUT2D eigenvalue weighted by Crippen LogP contribution is 2.25. The Balaban J connectivity index is 2.33. The quantitative estimate of drug-likeness (QED) is 0.610. The number of urea groups is 1. The maximum atomic E-state index is 11.6. The lowest BCUT2D eigenvalue weighted by Gasteiger charge is -2.33. The van der Waals surface area contributed by atoms with Crippen LogP contribution in [0.5, 0.6) is 0 Å². The molecule has 1 saturated carbocycles. The van der Waals surface area contributed by atoms with Gasteiger partial charge in [-0.2, -0.15) is 0 Å². The van der Waals surface area contributed by atoms with Crippen LogP contribution < -0.4 is 10.6 Å². The van der Waals surface area contributed by atoms with Gasteiger partial charge in [-0.05, 0) is 25.2 Å². The third-order valence-electron chi connectivity index (χ3n) is 3.18. The molecule has 1 aliphatic rings. The highest BCUT2D eigenvalue weighted by Gasteiger charge is 2.28. The van der Waals surface area contributed by atoms with E-state index in [9.17, 15) is 14.4 Å². The van der Waals surface area contributed by atoms with E-state index in [0.29, 0.717) is 5.92 Å². The molecule has 0 aliphatic heterocycles. The molecular weight excluding hydrogens is 252 g/mol. The third kappa shape index (κ3) is 5.15. The summed E-state index contributed by atoms with van der Waals surface area (Å²) >= 11 is 0. The fraction of sp³-hybridized carbons (Fsp3) is 0.750. The minimum atomic E-state index is -1.17. The number of esters is 1. The molecule has 0 radical (unpaired) electrons. The van der Waals surface area contributed by atoms with Crippen molar-refractivity contribution in [2.45, 2.75) is 44.7 Å². The molecule has 1 aliphatic carbocycles. The van der Waals surface area contributed by atoms with Crippen molar-refractivity contribution in [1.82, 2.24) is 10.6 Å². The second kappa shape index (κ2) is 6.96. The summed E-state index contributed by atoms with van der Waals surface area (Å²) in [6, 6.07) is -1.48. The van der Waals surface area contributed by atoms with Crippen LogP contribution >= 0.6 is 0 Å². The summed E-state index contributed by atoms with van der Waals surface area (Å²) < 4.78 is 4.43. The van der Waals surface area contributed by atoms with E-state index in [0.717, 1.165) is 12.8 Å². The zero-order chi connectivity index (χ0) is 14.4. The monoisotopic (exact) mass is 272 g/mol. The van der Waals surface area contributed by atoms with Crippen LogP contribution in [0.4, 0.5) is 4.79 Å². The van der Waals surface area contributed by atoms with Crippen LogP contribution in [0.15, 0.2) is 0 Å². The Labute approximate surface area is 111 Å². The maximum absolute atomic E-state index is 11.6. The Bertz CT molecular complexity index is 352. The summed E-state index contributed by atoms with van der Waals surface area (Å²) in [7, 11) is 1.23. The molecule has 0 aromatic carbocycles. The van der Waals surface area contributed by atoms with E-state index in [1.165, 1.54) is 7.11 Å². The van der Waals surface area contributed by atoms with Gasteiger partial charge in [0.2, 0.25) is 0 Å². The summed E-state index contributed by atoms with van der Waals surface area (Å²) in [6.45, 7) is 2.09. The van der Waals surface area contributed by atoms with E-state index < -0.39 is 24.0 Å². The lowest BCUT2D eigenvalue weighted by Crippen LogP contribution is -2.52. The van der Waals surface area contributed by atoms with E-state index >= 15 is 0 Å². The van der Waals surface area contributed by atoms with Gasteiger partial charge in [0.05, 0.1) is 7.11 Å². The first-order valence-electron chi connectivity index (χ1n) is 6.29. The van der Waals surface area contributed by atoms with Crippen LogP contribution in [0.2, 0.25) is 0 Å². The topological polar surface area (TPSA) is 105 Å². The van der Waals surface area contributed by atoms with Crippen LogP contribution in [-0.2, 0) is 14.3 Å². The Morgan fingerprint density at radius 2 is 2.00 bits per heavy atom. The van der Waals surface area contributed by atoms with Gasteiger partial charge in [-0.15, -0.1) is 0 Å². The molecule has 0 bridgehead atoms. The number of amides is 2. The van der Waals surface area contributed by atoms with Gasteiger partial charge in [-0.25, -0.2) is 9.59 Å². The van der Waals surface area contributed by atoms with Gasteiger partial charge in [0.15, 0.2) is 0 Å². The van der Waals surface area contributed by atoms with E-state index in [2.05, 4.69) is 22.3 Å². The van der Waals surface area contributed by atoms with Crippen molar-refractivity contribution < 1.29 is 24.2 Å². The second-order valence-electron chi connectivity index (χ2n) is 4.90. The van der Waals surface area contributed by atoms with Crippen molar-refractivity contribution in [1.29, 1.82) is 0 Å². The van der Waals surface area contributed by atoms with Gasteiger partial charge < -0.3 is 20.5 Å². The summed E-state index contributed by atoms with van der Waals surface area (Å²) in [6.07, 6.45) is 1.78. The zero-order valence-electron chi connectivity index (χ0n) is 11.1. The molecule has 7 heteroatoms. The SMILES string of the molecule is COC(=O)CC[C@H](NC(=O)NC1CC(C)C1)C(=O)O. The van der Waals surface area contributed by atoms with E-state index in [1.54, 1.807) is 0 Å². The molecule has 7 nitrogen and oxygen atoms in total. The van der Waals surface area contributed by atoms with Crippen molar-refractivity contribution in [3.05, 3.63) is 0 Å². The van der Waals surface area contributed by atoms with Crippen LogP contribution in [0.25, 0.3) is 0 Å². The van der Waals surface area contributed by atoms with Crippen molar-refractivity contribution in [2.75, 3.05) is 7.11 Å². The number of carbonyl (C=O) groups is 3. The number of rotatable bonds is 6. The number of hydrogen-bond donors (Lipinski definition) is 3. The minimum Gasteiger partial charge on any atom is -0.480 e. The normalized spacial score (nSPS) is 22.8. The first-order chi connectivity index (χ1) is 8.92. The average Bonchev–Trinajstić information content (AvgIpc) is 2.31. The van der Waals surface area contributed by atoms with Gasteiger partial charge in [0.1, 0.15) is 6.04 Å². The Morgan fingerprint density at radius 1 is 1.37 bits per heavy atom. The Kier molecular flexibility index (Phi) is 5.59. The van der Waals surface area contributed by atoms with Gasteiger partial charge in [0, 0.05) is 12.5 Å². The number of aliphatic carboxylic acids is 1. The lowest BCUT2D eigenvalue weighted by molar-refractivity contribution is -0.142. The van der Waals surface area contributed by atoms with Gasteiger partial charge >= 0.3 is 18.0 Å². The number of nitrogens with one attached hydrogen (secondary N) is 2. The van der Waals surface area contributed by atoms with E-state index in [-0.39, 0.29) is 18.9 Å². The molecule has 1 fully saturated rings. The van der Waals surface area contributed by atoms with Gasteiger partial charge in [-0.3, -0.25) is 4.79 Å². The first kappa shape index (κ1) is 15.3. The third-order valence-corrected chi connectivity index (χ3v) is 3.18. The fourth-order valence-corrected chi connectivity index (χ4v) is 2.03. The van der Waals surface area contributed by atoms with Gasteiger partial charge in [-0.1, -0.05) is 6.92 Å². The standard InChI is InChI=1S/C12H20N2O5/c1-7-5-8(6-7)13-12(18)14-9(11(16)17)3-4-10(15)19-2/h7-9H,3-6H2,1-2H3,(H,16,17)(H2,13,14,18)/t7?,8?,9-/m0/s1. The predicted octanol–water partition coefficient (Wildman–Crippen LogP) is 0.491. The van der Waals surface area contributed by atoms with Gasteiger partial charge in [0.25, 0.3) is 0 Å². The summed E-state index contributed by atoms with van der Waals surface area (Å²) in [5.41, 5.74) is 0. The van der Waals surface area contributed by atoms with Crippen LogP contribution in [0, 0.1) is 5.92 Å². The number of carboxylic acid groups (broad SMARTS) is 1. The summed E-state index contributed by atoms with van der Waals surface area (Å²) in [5, 5.41) is 14.0. The van der Waals surface area contributed by atoms with Crippen molar-refractivity contribution in [3.63, 3.8) is 0 Å². The van der Waals surface area contributed by atoms with Crippen molar-refractivity contribution in [3.8, 4) is 0 Å². The molecule has 0 aromatic rings. The van der Waals surface area contributed by atoms with Crippen LogP contribution in [0.1, 0.15) is 32.6 Å². The Hall–Kier alpha value is -1.79. The average molecular weight is 272 g/mol. The molecule has 1 atom stereocenters. The molecule has 0 aromatic heterocycles. The molecule has 0 saturated heterocycles. The molecule has 0 unspecified atom stereocenters. The molecule has 0 spiro atoms. The summed E-state index contributed by atoms with van der Waals surface area (Å²) in [4.78, 5) is 33.5. The van der Waals surface area contributed by atoms with E-state index in [1.807, 2.05) is 0 Å². The number of carboxylic acids is 1. The molecular formula is C12H20N2O5. The maximum Gasteiger partial charge on any atom is 0.326 e. The number of methoxy groups -OCH3 is 1. The van der Waals surface area contributed by atoms with Crippen LogP contribution in [-0.4, -0.2) is 42.3 Å². The largest absolute Gasteiger partial charge is 0.480 e. The molecule has 108 valence electrons. The number of carbonyl (C=O) groups excluding carboxylic acids is 2.